The molecule has 0 radical (unpaired) electrons. The Labute approximate surface area is 127 Å². The highest BCUT2D eigenvalue weighted by Crippen LogP contribution is 2.29. The van der Waals surface area contributed by atoms with E-state index in [0.717, 1.165) is 24.8 Å². The van der Waals surface area contributed by atoms with Crippen molar-refractivity contribution in [3.05, 3.63) is 24.3 Å². The smallest absolute Gasteiger partial charge is 0.257 e. The molecular weight excluding hydrogens is 264 g/mol. The van der Waals surface area contributed by atoms with Crippen LogP contribution in [0.2, 0.25) is 0 Å². The molecule has 1 saturated carbocycles. The summed E-state index contributed by atoms with van der Waals surface area (Å²) < 4.78 is 5.41. The lowest BCUT2D eigenvalue weighted by atomic mass is 9.81. The fourth-order valence-electron chi connectivity index (χ4n) is 2.84. The Morgan fingerprint density at radius 3 is 2.81 bits per heavy atom. The summed E-state index contributed by atoms with van der Waals surface area (Å²) in [4.78, 5) is 11.7. The molecule has 0 atom stereocenters. The zero-order chi connectivity index (χ0) is 15.1. The van der Waals surface area contributed by atoms with Crippen LogP contribution in [0.15, 0.2) is 24.3 Å². The van der Waals surface area contributed by atoms with E-state index in [1.807, 2.05) is 6.07 Å². The number of carbonyl (C=O) groups is 1. The minimum Gasteiger partial charge on any atom is -0.484 e. The van der Waals surface area contributed by atoms with Crippen LogP contribution in [-0.2, 0) is 4.79 Å². The summed E-state index contributed by atoms with van der Waals surface area (Å²) in [6, 6.07) is 7.12. The van der Waals surface area contributed by atoms with Crippen LogP contribution in [0.4, 0.5) is 5.69 Å². The quantitative estimate of drug-likeness (QED) is 0.792. The average molecular weight is 290 g/mol. The fourth-order valence-corrected chi connectivity index (χ4v) is 2.84. The molecule has 0 saturated heterocycles. The third-order valence-electron chi connectivity index (χ3n) is 4.24. The van der Waals surface area contributed by atoms with E-state index < -0.39 is 0 Å². The first-order chi connectivity index (χ1) is 10.1. The molecule has 0 unspecified atom stereocenters. The molecule has 1 fully saturated rings. The summed E-state index contributed by atoms with van der Waals surface area (Å²) in [6.45, 7) is 3.12. The molecule has 0 spiro atoms. The van der Waals surface area contributed by atoms with E-state index in [1.54, 1.807) is 18.2 Å². The lowest BCUT2D eigenvalue weighted by molar-refractivity contribution is -0.123. The molecule has 4 heteroatoms. The molecule has 1 aliphatic carbocycles. The minimum atomic E-state index is -0.0680. The van der Waals surface area contributed by atoms with Crippen molar-refractivity contribution < 1.29 is 9.53 Å². The third-order valence-corrected chi connectivity index (χ3v) is 4.24. The van der Waals surface area contributed by atoms with Gasteiger partial charge in [-0.3, -0.25) is 4.79 Å². The molecule has 1 aliphatic rings. The van der Waals surface area contributed by atoms with E-state index in [9.17, 15) is 4.79 Å². The highest BCUT2D eigenvalue weighted by Gasteiger charge is 2.17. The Hall–Kier alpha value is -1.71. The van der Waals surface area contributed by atoms with Crippen molar-refractivity contribution in [1.29, 1.82) is 0 Å². The van der Waals surface area contributed by atoms with Gasteiger partial charge in [0.1, 0.15) is 5.75 Å². The fraction of sp³-hybridized carbons (Fsp3) is 0.588. The first-order valence-electron chi connectivity index (χ1n) is 7.88. The number of nitrogen functional groups attached to an aromatic ring is 1. The number of benzene rings is 1. The van der Waals surface area contributed by atoms with Crippen LogP contribution in [0, 0.1) is 11.8 Å². The second-order valence-corrected chi connectivity index (χ2v) is 6.13. The van der Waals surface area contributed by atoms with Crippen LogP contribution in [0.25, 0.3) is 0 Å². The van der Waals surface area contributed by atoms with Crippen molar-refractivity contribution in [3.63, 3.8) is 0 Å². The number of amides is 1. The highest BCUT2D eigenvalue weighted by molar-refractivity contribution is 5.77. The van der Waals surface area contributed by atoms with E-state index in [4.69, 9.17) is 10.5 Å². The maximum Gasteiger partial charge on any atom is 0.257 e. The molecule has 1 aromatic carbocycles. The maximum atomic E-state index is 11.7. The van der Waals surface area contributed by atoms with Gasteiger partial charge in [0.2, 0.25) is 0 Å². The van der Waals surface area contributed by atoms with Gasteiger partial charge in [-0.1, -0.05) is 38.7 Å². The second-order valence-electron chi connectivity index (χ2n) is 6.13. The predicted molar refractivity (Wildman–Crippen MR) is 85.1 cm³/mol. The first kappa shape index (κ1) is 15.7. The van der Waals surface area contributed by atoms with Gasteiger partial charge in [0.05, 0.1) is 0 Å². The summed E-state index contributed by atoms with van der Waals surface area (Å²) in [5.41, 5.74) is 6.30. The minimum absolute atomic E-state index is 0.0468. The van der Waals surface area contributed by atoms with Gasteiger partial charge in [0.25, 0.3) is 5.91 Å². The number of hydrogen-bond donors (Lipinski definition) is 2. The monoisotopic (exact) mass is 290 g/mol. The lowest BCUT2D eigenvalue weighted by Crippen LogP contribution is -2.31. The van der Waals surface area contributed by atoms with Gasteiger partial charge in [0.15, 0.2) is 6.61 Å². The SMILES string of the molecule is CC1CCC(CCNC(=O)COc2cccc(N)c2)CC1. The number of hydrogen-bond acceptors (Lipinski definition) is 3. The topological polar surface area (TPSA) is 64.3 Å². The van der Waals surface area contributed by atoms with E-state index in [2.05, 4.69) is 12.2 Å². The van der Waals surface area contributed by atoms with Crippen molar-refractivity contribution in [3.8, 4) is 5.75 Å². The molecule has 0 aliphatic heterocycles. The third kappa shape index (κ3) is 5.66. The van der Waals surface area contributed by atoms with Crippen LogP contribution in [0.1, 0.15) is 39.0 Å². The normalized spacial score (nSPS) is 21.8. The van der Waals surface area contributed by atoms with Gasteiger partial charge in [0, 0.05) is 18.3 Å². The number of carbonyl (C=O) groups excluding carboxylic acids is 1. The zero-order valence-electron chi connectivity index (χ0n) is 12.8. The molecule has 4 nitrogen and oxygen atoms in total. The summed E-state index contributed by atoms with van der Waals surface area (Å²) in [5, 5.41) is 2.93. The van der Waals surface area contributed by atoms with Crippen molar-refractivity contribution >= 4 is 11.6 Å². The van der Waals surface area contributed by atoms with Crippen LogP contribution in [0.5, 0.6) is 5.75 Å². The summed E-state index contributed by atoms with van der Waals surface area (Å²) in [7, 11) is 0. The number of nitrogens with one attached hydrogen (secondary N) is 1. The van der Waals surface area contributed by atoms with Crippen LogP contribution < -0.4 is 15.8 Å². The van der Waals surface area contributed by atoms with Crippen molar-refractivity contribution in [2.75, 3.05) is 18.9 Å². The van der Waals surface area contributed by atoms with Gasteiger partial charge in [-0.2, -0.15) is 0 Å². The molecule has 0 aromatic heterocycles. The number of ether oxygens (including phenoxy) is 1. The molecule has 1 aromatic rings. The molecular formula is C17H26N2O2. The summed E-state index contributed by atoms with van der Waals surface area (Å²) >= 11 is 0. The van der Waals surface area contributed by atoms with Gasteiger partial charge < -0.3 is 15.8 Å². The van der Waals surface area contributed by atoms with Gasteiger partial charge in [-0.15, -0.1) is 0 Å². The first-order valence-corrected chi connectivity index (χ1v) is 7.88. The van der Waals surface area contributed by atoms with Gasteiger partial charge in [-0.25, -0.2) is 0 Å². The summed E-state index contributed by atoms with van der Waals surface area (Å²) in [6.07, 6.45) is 6.35. The molecule has 21 heavy (non-hydrogen) atoms. The van der Waals surface area contributed by atoms with E-state index in [-0.39, 0.29) is 12.5 Å². The zero-order valence-corrected chi connectivity index (χ0v) is 12.8. The summed E-state index contributed by atoms with van der Waals surface area (Å²) in [5.74, 6) is 2.21. The Morgan fingerprint density at radius 2 is 2.10 bits per heavy atom. The molecule has 0 heterocycles. The average Bonchev–Trinajstić information content (AvgIpc) is 2.47. The molecule has 1 amide bonds. The van der Waals surface area contributed by atoms with Crippen LogP contribution in [0.3, 0.4) is 0 Å². The molecule has 2 rings (SSSR count). The predicted octanol–water partition coefficient (Wildman–Crippen LogP) is 2.98. The second kappa shape index (κ2) is 7.91. The van der Waals surface area contributed by atoms with E-state index in [0.29, 0.717) is 11.4 Å². The Kier molecular flexibility index (Phi) is 5.90. The van der Waals surface area contributed by atoms with Crippen LogP contribution in [-0.4, -0.2) is 19.1 Å². The van der Waals surface area contributed by atoms with Gasteiger partial charge in [-0.05, 0) is 30.4 Å². The lowest BCUT2D eigenvalue weighted by Gasteiger charge is -2.26. The van der Waals surface area contributed by atoms with E-state index in [1.165, 1.54) is 25.7 Å². The molecule has 116 valence electrons. The number of nitrogens with two attached hydrogens (primary N) is 1. The van der Waals surface area contributed by atoms with Crippen LogP contribution >= 0.6 is 0 Å². The Morgan fingerprint density at radius 1 is 1.33 bits per heavy atom. The number of anilines is 1. The van der Waals surface area contributed by atoms with Crippen molar-refractivity contribution in [2.45, 2.75) is 39.0 Å². The van der Waals surface area contributed by atoms with Gasteiger partial charge >= 0.3 is 0 Å². The molecule has 0 bridgehead atoms. The van der Waals surface area contributed by atoms with Crippen molar-refractivity contribution in [1.82, 2.24) is 5.32 Å². The highest BCUT2D eigenvalue weighted by atomic mass is 16.5. The number of rotatable bonds is 6. The molecule has 3 N–H and O–H groups in total. The maximum absolute atomic E-state index is 11.7. The van der Waals surface area contributed by atoms with E-state index >= 15 is 0 Å². The standard InChI is InChI=1S/C17H26N2O2/c1-13-5-7-14(8-6-13)9-10-19-17(20)12-21-16-4-2-3-15(18)11-16/h2-4,11,13-14H,5-10,12,18H2,1H3,(H,19,20). The Balaban J connectivity index is 1.59. The largest absolute Gasteiger partial charge is 0.484 e. The van der Waals surface area contributed by atoms with Crippen molar-refractivity contribution in [2.24, 2.45) is 11.8 Å². The Bertz CT molecular complexity index is 454.